The Labute approximate surface area is 77.5 Å². The largest absolute Gasteiger partial charge is 0.343 e. The van der Waals surface area contributed by atoms with E-state index in [-0.39, 0.29) is 0 Å². The van der Waals surface area contributed by atoms with Crippen molar-refractivity contribution in [2.45, 2.75) is 31.6 Å². The summed E-state index contributed by atoms with van der Waals surface area (Å²) in [6.07, 6.45) is 6.12. The molecule has 0 atom stereocenters. The fraction of sp³-hybridized carbons (Fsp3) is 0.778. The van der Waals surface area contributed by atoms with Crippen LogP contribution in [0.15, 0.2) is 10.9 Å². The maximum Gasteiger partial charge on any atom is 0.213 e. The van der Waals surface area contributed by atoms with Crippen LogP contribution in [-0.2, 0) is 0 Å². The number of hydrogen-bond donors (Lipinski definition) is 1. The van der Waals surface area contributed by atoms with Crippen LogP contribution in [0.5, 0.6) is 0 Å². The van der Waals surface area contributed by atoms with E-state index in [1.165, 1.54) is 19.2 Å². The van der Waals surface area contributed by atoms with Crippen LogP contribution in [0.3, 0.4) is 0 Å². The van der Waals surface area contributed by atoms with E-state index in [2.05, 4.69) is 10.1 Å². The van der Waals surface area contributed by atoms with Gasteiger partial charge < -0.3 is 10.3 Å². The third-order valence-electron chi connectivity index (χ3n) is 2.92. The molecule has 1 aliphatic carbocycles. The number of aromatic nitrogens is 2. The third-order valence-corrected chi connectivity index (χ3v) is 2.92. The molecule has 13 heavy (non-hydrogen) atoms. The van der Waals surface area contributed by atoms with Gasteiger partial charge in [0.15, 0.2) is 5.82 Å². The Morgan fingerprint density at radius 1 is 1.38 bits per heavy atom. The molecule has 72 valence electrons. The van der Waals surface area contributed by atoms with Gasteiger partial charge in [0, 0.05) is 5.92 Å². The molecule has 2 rings (SSSR count). The summed E-state index contributed by atoms with van der Waals surface area (Å²) in [6.45, 7) is 0.818. The number of nitrogens with zero attached hydrogens (tertiary/aromatic N) is 2. The van der Waals surface area contributed by atoms with Crippen molar-refractivity contribution in [2.75, 3.05) is 6.54 Å². The summed E-state index contributed by atoms with van der Waals surface area (Å²) in [5, 5.41) is 3.87. The highest BCUT2D eigenvalue weighted by atomic mass is 16.5. The molecule has 0 saturated heterocycles. The highest BCUT2D eigenvalue weighted by Crippen LogP contribution is 2.33. The van der Waals surface area contributed by atoms with E-state index in [0.717, 1.165) is 25.2 Å². The lowest BCUT2D eigenvalue weighted by Gasteiger charge is -2.25. The molecule has 0 amide bonds. The molecule has 1 heterocycles. The Kier molecular flexibility index (Phi) is 2.59. The Bertz CT molecular complexity index is 239. The zero-order valence-corrected chi connectivity index (χ0v) is 7.65. The lowest BCUT2D eigenvalue weighted by atomic mass is 9.82. The molecule has 0 radical (unpaired) electrons. The number of rotatable bonds is 2. The highest BCUT2D eigenvalue weighted by Gasteiger charge is 2.23. The monoisotopic (exact) mass is 181 g/mol. The van der Waals surface area contributed by atoms with E-state index in [4.69, 9.17) is 10.3 Å². The topological polar surface area (TPSA) is 64.9 Å². The SMILES string of the molecule is NCC1CCC(c2ncon2)CC1. The molecule has 1 aliphatic rings. The van der Waals surface area contributed by atoms with Crippen molar-refractivity contribution in [1.82, 2.24) is 10.1 Å². The lowest BCUT2D eigenvalue weighted by Crippen LogP contribution is -2.21. The van der Waals surface area contributed by atoms with E-state index in [9.17, 15) is 0 Å². The van der Waals surface area contributed by atoms with Gasteiger partial charge in [0.2, 0.25) is 6.39 Å². The standard InChI is InChI=1S/C9H15N3O/c10-5-7-1-3-8(4-2-7)9-11-6-13-12-9/h6-8H,1-5,10H2. The molecule has 1 aromatic rings. The Hall–Kier alpha value is -0.900. The molecule has 4 heteroatoms. The van der Waals surface area contributed by atoms with Gasteiger partial charge >= 0.3 is 0 Å². The predicted molar refractivity (Wildman–Crippen MR) is 48.1 cm³/mol. The van der Waals surface area contributed by atoms with Crippen LogP contribution in [0.2, 0.25) is 0 Å². The minimum Gasteiger partial charge on any atom is -0.343 e. The molecule has 0 aromatic carbocycles. The van der Waals surface area contributed by atoms with Gasteiger partial charge in [0.05, 0.1) is 0 Å². The summed E-state index contributed by atoms with van der Waals surface area (Å²) >= 11 is 0. The first kappa shape index (κ1) is 8.69. The number of nitrogens with two attached hydrogens (primary N) is 1. The van der Waals surface area contributed by atoms with E-state index in [1.807, 2.05) is 0 Å². The molecule has 0 aliphatic heterocycles. The maximum absolute atomic E-state index is 5.62. The van der Waals surface area contributed by atoms with Crippen molar-refractivity contribution in [3.8, 4) is 0 Å². The quantitative estimate of drug-likeness (QED) is 0.746. The number of hydrogen-bond acceptors (Lipinski definition) is 4. The van der Waals surface area contributed by atoms with E-state index in [1.54, 1.807) is 0 Å². The van der Waals surface area contributed by atoms with Gasteiger partial charge in [-0.2, -0.15) is 4.98 Å². The molecule has 0 unspecified atom stereocenters. The third kappa shape index (κ3) is 1.88. The first-order chi connectivity index (χ1) is 6.40. The molecule has 0 spiro atoms. The van der Waals surface area contributed by atoms with Crippen molar-refractivity contribution in [1.29, 1.82) is 0 Å². The van der Waals surface area contributed by atoms with Crippen molar-refractivity contribution >= 4 is 0 Å². The minimum atomic E-state index is 0.501. The average Bonchev–Trinajstić information content (AvgIpc) is 2.71. The second kappa shape index (κ2) is 3.87. The van der Waals surface area contributed by atoms with Crippen molar-refractivity contribution in [2.24, 2.45) is 11.7 Å². The molecule has 4 nitrogen and oxygen atoms in total. The smallest absolute Gasteiger partial charge is 0.213 e. The van der Waals surface area contributed by atoms with Crippen LogP contribution in [-0.4, -0.2) is 16.7 Å². The lowest BCUT2D eigenvalue weighted by molar-refractivity contribution is 0.316. The molecule has 1 saturated carbocycles. The average molecular weight is 181 g/mol. The van der Waals surface area contributed by atoms with Crippen molar-refractivity contribution in [3.05, 3.63) is 12.2 Å². The minimum absolute atomic E-state index is 0.501. The summed E-state index contributed by atoms with van der Waals surface area (Å²) in [7, 11) is 0. The van der Waals surface area contributed by atoms with Gasteiger partial charge in [0.1, 0.15) is 0 Å². The second-order valence-electron chi connectivity index (χ2n) is 3.74. The van der Waals surface area contributed by atoms with Crippen LogP contribution in [0.1, 0.15) is 37.4 Å². The van der Waals surface area contributed by atoms with Gasteiger partial charge in [-0.3, -0.25) is 0 Å². The molecule has 2 N–H and O–H groups in total. The fourth-order valence-corrected chi connectivity index (χ4v) is 2.02. The molecule has 0 bridgehead atoms. The first-order valence-corrected chi connectivity index (χ1v) is 4.86. The Balaban J connectivity index is 1.92. The zero-order chi connectivity index (χ0) is 9.10. The summed E-state index contributed by atoms with van der Waals surface area (Å²) in [5.74, 6) is 2.08. The molecule has 1 fully saturated rings. The fourth-order valence-electron chi connectivity index (χ4n) is 2.02. The van der Waals surface area contributed by atoms with E-state index < -0.39 is 0 Å². The van der Waals surface area contributed by atoms with Gasteiger partial charge in [-0.15, -0.1) is 0 Å². The van der Waals surface area contributed by atoms with Gasteiger partial charge in [-0.1, -0.05) is 5.16 Å². The van der Waals surface area contributed by atoms with E-state index in [0.29, 0.717) is 11.8 Å². The van der Waals surface area contributed by atoms with Crippen molar-refractivity contribution in [3.63, 3.8) is 0 Å². The molecular weight excluding hydrogens is 166 g/mol. The molecular formula is C9H15N3O. The van der Waals surface area contributed by atoms with Gasteiger partial charge in [-0.25, -0.2) is 0 Å². The summed E-state index contributed by atoms with van der Waals surface area (Å²) < 4.78 is 4.74. The molecule has 1 aromatic heterocycles. The van der Waals surface area contributed by atoms with Crippen LogP contribution in [0, 0.1) is 5.92 Å². The second-order valence-corrected chi connectivity index (χ2v) is 3.74. The first-order valence-electron chi connectivity index (χ1n) is 4.86. The maximum atomic E-state index is 5.62. The Morgan fingerprint density at radius 2 is 2.15 bits per heavy atom. The zero-order valence-electron chi connectivity index (χ0n) is 7.65. The predicted octanol–water partition coefficient (Wildman–Crippen LogP) is 1.30. The van der Waals surface area contributed by atoms with Crippen LogP contribution < -0.4 is 5.73 Å². The van der Waals surface area contributed by atoms with Crippen molar-refractivity contribution < 1.29 is 4.52 Å². The van der Waals surface area contributed by atoms with Gasteiger partial charge in [0.25, 0.3) is 0 Å². The van der Waals surface area contributed by atoms with Crippen LogP contribution >= 0.6 is 0 Å². The van der Waals surface area contributed by atoms with E-state index >= 15 is 0 Å². The van der Waals surface area contributed by atoms with Gasteiger partial charge in [-0.05, 0) is 38.1 Å². The van der Waals surface area contributed by atoms with Crippen LogP contribution in [0.25, 0.3) is 0 Å². The summed E-state index contributed by atoms with van der Waals surface area (Å²) in [6, 6.07) is 0. The highest BCUT2D eigenvalue weighted by molar-refractivity contribution is 4.94. The normalized spacial score (nSPS) is 29.0. The summed E-state index contributed by atoms with van der Waals surface area (Å²) in [5.41, 5.74) is 5.62. The summed E-state index contributed by atoms with van der Waals surface area (Å²) in [4.78, 5) is 4.08. The van der Waals surface area contributed by atoms with Crippen LogP contribution in [0.4, 0.5) is 0 Å². The Morgan fingerprint density at radius 3 is 2.69 bits per heavy atom.